The number of nitrogens with zero attached hydrogens (tertiary/aromatic N) is 1. The molecule has 0 spiro atoms. The van der Waals surface area contributed by atoms with E-state index < -0.39 is 0 Å². The number of methoxy groups -OCH3 is 1. The lowest BCUT2D eigenvalue weighted by Gasteiger charge is -2.13. The van der Waals surface area contributed by atoms with Gasteiger partial charge >= 0.3 is 5.97 Å². The highest BCUT2D eigenvalue weighted by Gasteiger charge is 2.19. The van der Waals surface area contributed by atoms with Gasteiger partial charge < -0.3 is 9.84 Å². The summed E-state index contributed by atoms with van der Waals surface area (Å²) in [5.41, 5.74) is 1.06. The van der Waals surface area contributed by atoms with Gasteiger partial charge in [0.15, 0.2) is 0 Å². The number of hydrogen-bond donors (Lipinski definition) is 1. The van der Waals surface area contributed by atoms with Gasteiger partial charge in [0.05, 0.1) is 18.5 Å². The number of hydrogen-bond acceptors (Lipinski definition) is 5. The second-order valence-corrected chi connectivity index (χ2v) is 5.14. The minimum atomic E-state index is -0.237. The molecule has 1 aromatic heterocycles. The van der Waals surface area contributed by atoms with Crippen LogP contribution in [0.3, 0.4) is 0 Å². The highest BCUT2D eigenvalue weighted by molar-refractivity contribution is 7.09. The van der Waals surface area contributed by atoms with E-state index >= 15 is 0 Å². The van der Waals surface area contributed by atoms with Crippen molar-refractivity contribution in [2.45, 2.75) is 18.8 Å². The molecule has 1 aromatic carbocycles. The van der Waals surface area contributed by atoms with Crippen LogP contribution in [0, 0.1) is 0 Å². The van der Waals surface area contributed by atoms with Crippen molar-refractivity contribution in [3.05, 3.63) is 46.4 Å². The molecule has 2 rings (SSSR count). The smallest absolute Gasteiger partial charge is 0.306 e. The Morgan fingerprint density at radius 2 is 2.16 bits per heavy atom. The normalized spacial score (nSPS) is 12.1. The van der Waals surface area contributed by atoms with Crippen LogP contribution in [0.5, 0.6) is 5.75 Å². The van der Waals surface area contributed by atoms with Crippen LogP contribution in [0.2, 0.25) is 0 Å². The summed E-state index contributed by atoms with van der Waals surface area (Å²) in [7, 11) is 1.39. The van der Waals surface area contributed by atoms with Crippen LogP contribution >= 0.6 is 11.3 Å². The van der Waals surface area contributed by atoms with Crippen LogP contribution < -0.4 is 0 Å². The summed E-state index contributed by atoms with van der Waals surface area (Å²) in [4.78, 5) is 15.8. The SMILES string of the molecule is COC(=O)CC(Cc1ccc(O)cc1)c1nccs1. The Bertz CT molecular complexity index is 522. The van der Waals surface area contributed by atoms with Gasteiger partial charge in [-0.1, -0.05) is 12.1 Å². The third-order valence-electron chi connectivity index (χ3n) is 2.86. The van der Waals surface area contributed by atoms with Gasteiger partial charge in [0.2, 0.25) is 0 Å². The van der Waals surface area contributed by atoms with Gasteiger partial charge in [-0.3, -0.25) is 4.79 Å². The van der Waals surface area contributed by atoms with Crippen molar-refractivity contribution < 1.29 is 14.6 Å². The zero-order chi connectivity index (χ0) is 13.7. The maximum absolute atomic E-state index is 11.5. The van der Waals surface area contributed by atoms with E-state index in [1.54, 1.807) is 18.3 Å². The van der Waals surface area contributed by atoms with Gasteiger partial charge in [-0.05, 0) is 24.1 Å². The predicted molar refractivity (Wildman–Crippen MR) is 73.3 cm³/mol. The molecular weight excluding hydrogens is 262 g/mol. The monoisotopic (exact) mass is 277 g/mol. The summed E-state index contributed by atoms with van der Waals surface area (Å²) in [6.45, 7) is 0. The van der Waals surface area contributed by atoms with Gasteiger partial charge in [-0.2, -0.15) is 0 Å². The number of phenolic OH excluding ortho intramolecular Hbond substituents is 1. The van der Waals surface area contributed by atoms with Crippen molar-refractivity contribution >= 4 is 17.3 Å². The maximum Gasteiger partial charge on any atom is 0.306 e. The number of phenols is 1. The topological polar surface area (TPSA) is 59.4 Å². The van der Waals surface area contributed by atoms with Crippen LogP contribution in [-0.4, -0.2) is 23.2 Å². The minimum absolute atomic E-state index is 0.0111. The quantitative estimate of drug-likeness (QED) is 0.854. The van der Waals surface area contributed by atoms with Crippen LogP contribution in [0.4, 0.5) is 0 Å². The van der Waals surface area contributed by atoms with Crippen molar-refractivity contribution in [1.82, 2.24) is 4.98 Å². The molecule has 2 aromatic rings. The summed E-state index contributed by atoms with van der Waals surface area (Å²) >= 11 is 1.54. The number of rotatable bonds is 5. The molecule has 0 radical (unpaired) electrons. The molecule has 0 amide bonds. The Kier molecular flexibility index (Phi) is 4.52. The number of aromatic hydroxyl groups is 1. The lowest BCUT2D eigenvalue weighted by Crippen LogP contribution is -2.11. The van der Waals surface area contributed by atoms with Crippen molar-refractivity contribution in [2.24, 2.45) is 0 Å². The highest BCUT2D eigenvalue weighted by atomic mass is 32.1. The molecule has 0 aliphatic rings. The molecule has 1 N–H and O–H groups in total. The summed E-state index contributed by atoms with van der Waals surface area (Å²) in [6.07, 6.45) is 2.74. The summed E-state index contributed by atoms with van der Waals surface area (Å²) in [5.74, 6) is 0.0125. The third-order valence-corrected chi connectivity index (χ3v) is 3.80. The molecule has 0 fully saturated rings. The van der Waals surface area contributed by atoms with Crippen molar-refractivity contribution in [3.8, 4) is 5.75 Å². The molecule has 100 valence electrons. The highest BCUT2D eigenvalue weighted by Crippen LogP contribution is 2.27. The lowest BCUT2D eigenvalue weighted by molar-refractivity contribution is -0.141. The number of ether oxygens (including phenoxy) is 1. The Labute approximate surface area is 115 Å². The lowest BCUT2D eigenvalue weighted by atomic mass is 9.96. The van der Waals surface area contributed by atoms with Crippen molar-refractivity contribution in [3.63, 3.8) is 0 Å². The zero-order valence-corrected chi connectivity index (χ0v) is 11.4. The first kappa shape index (κ1) is 13.5. The summed E-state index contributed by atoms with van der Waals surface area (Å²) in [5, 5.41) is 12.1. The zero-order valence-electron chi connectivity index (χ0n) is 10.6. The van der Waals surface area contributed by atoms with E-state index in [2.05, 4.69) is 4.98 Å². The predicted octanol–water partition coefficient (Wildman–Crippen LogP) is 2.74. The van der Waals surface area contributed by atoms with Gasteiger partial charge in [0.25, 0.3) is 0 Å². The Balaban J connectivity index is 2.13. The second-order valence-electron chi connectivity index (χ2n) is 4.22. The van der Waals surface area contributed by atoms with E-state index in [4.69, 9.17) is 4.74 Å². The largest absolute Gasteiger partial charge is 0.508 e. The van der Waals surface area contributed by atoms with Crippen LogP contribution in [0.15, 0.2) is 35.8 Å². The second kappa shape index (κ2) is 6.33. The minimum Gasteiger partial charge on any atom is -0.508 e. The molecule has 5 heteroatoms. The van der Waals surface area contributed by atoms with E-state index in [9.17, 15) is 9.90 Å². The van der Waals surface area contributed by atoms with E-state index in [1.807, 2.05) is 17.5 Å². The van der Waals surface area contributed by atoms with Crippen LogP contribution in [0.1, 0.15) is 22.9 Å². The van der Waals surface area contributed by atoms with E-state index in [0.717, 1.165) is 10.6 Å². The fourth-order valence-electron chi connectivity index (χ4n) is 1.88. The third kappa shape index (κ3) is 3.79. The first-order valence-electron chi connectivity index (χ1n) is 5.93. The number of carbonyl (C=O) groups is 1. The number of esters is 1. The van der Waals surface area contributed by atoms with Crippen LogP contribution in [-0.2, 0) is 16.0 Å². The Hall–Kier alpha value is -1.88. The molecule has 0 aliphatic heterocycles. The van der Waals surface area contributed by atoms with Gasteiger partial charge in [0, 0.05) is 17.5 Å². The molecular formula is C14H15NO3S. The first-order valence-corrected chi connectivity index (χ1v) is 6.81. The first-order chi connectivity index (χ1) is 9.19. The van der Waals surface area contributed by atoms with Crippen molar-refractivity contribution in [2.75, 3.05) is 7.11 Å². The molecule has 0 bridgehead atoms. The number of aromatic nitrogens is 1. The van der Waals surface area contributed by atoms with E-state index in [-0.39, 0.29) is 17.6 Å². The standard InChI is InChI=1S/C14H15NO3S/c1-18-13(17)9-11(14-15-6-7-19-14)8-10-2-4-12(16)5-3-10/h2-7,11,16H,8-9H2,1H3. The molecule has 0 saturated carbocycles. The average molecular weight is 277 g/mol. The van der Waals surface area contributed by atoms with E-state index in [1.165, 1.54) is 18.4 Å². The van der Waals surface area contributed by atoms with Gasteiger partial charge in [0.1, 0.15) is 5.75 Å². The number of benzene rings is 1. The maximum atomic E-state index is 11.5. The van der Waals surface area contributed by atoms with Crippen molar-refractivity contribution in [1.29, 1.82) is 0 Å². The van der Waals surface area contributed by atoms with Crippen LogP contribution in [0.25, 0.3) is 0 Å². The molecule has 0 aliphatic carbocycles. The fourth-order valence-corrected chi connectivity index (χ4v) is 2.63. The number of carbonyl (C=O) groups excluding carboxylic acids is 1. The molecule has 1 atom stereocenters. The summed E-state index contributed by atoms with van der Waals surface area (Å²) < 4.78 is 4.73. The Morgan fingerprint density at radius 3 is 2.74 bits per heavy atom. The summed E-state index contributed by atoms with van der Waals surface area (Å²) in [6, 6.07) is 7.00. The fraction of sp³-hybridized carbons (Fsp3) is 0.286. The van der Waals surface area contributed by atoms with Gasteiger partial charge in [-0.15, -0.1) is 11.3 Å². The molecule has 1 unspecified atom stereocenters. The average Bonchev–Trinajstić information content (AvgIpc) is 2.94. The molecule has 4 nitrogen and oxygen atoms in total. The van der Waals surface area contributed by atoms with Gasteiger partial charge in [-0.25, -0.2) is 4.98 Å². The number of thiazole rings is 1. The molecule has 1 heterocycles. The molecule has 19 heavy (non-hydrogen) atoms. The van der Waals surface area contributed by atoms with E-state index in [0.29, 0.717) is 12.8 Å². The molecule has 0 saturated heterocycles. The Morgan fingerprint density at radius 1 is 1.42 bits per heavy atom.